The molecule has 6 nitrogen and oxygen atoms in total. The molecule has 7 heteroatoms. The minimum Gasteiger partial charge on any atom is -0.465 e. The predicted octanol–water partition coefficient (Wildman–Crippen LogP) is 3.09. The third-order valence-corrected chi connectivity index (χ3v) is 3.44. The highest BCUT2D eigenvalue weighted by Gasteiger charge is 2.36. The molecule has 1 amide bonds. The molecule has 1 aromatic rings. The lowest BCUT2D eigenvalue weighted by atomic mass is 9.98. The van der Waals surface area contributed by atoms with E-state index < -0.39 is 17.9 Å². The Hall–Kier alpha value is -1.95. The Morgan fingerprint density at radius 2 is 2.09 bits per heavy atom. The molecule has 0 aliphatic carbocycles. The van der Waals surface area contributed by atoms with Gasteiger partial charge in [0.2, 0.25) is 5.79 Å². The van der Waals surface area contributed by atoms with E-state index in [-0.39, 0.29) is 12.2 Å². The number of hydrogen-bond acceptors (Lipinski definition) is 4. The van der Waals surface area contributed by atoms with Crippen molar-refractivity contribution < 1.29 is 24.2 Å². The first-order chi connectivity index (χ1) is 10.3. The van der Waals surface area contributed by atoms with E-state index in [0.717, 1.165) is 0 Å². The molecule has 2 N–H and O–H groups in total. The lowest BCUT2D eigenvalue weighted by Crippen LogP contribution is -2.33. The standard InChI is InChI=1S/C15H18ClNO5/c1-15(2)21-11-7-3-5-9(13(11)22-15)12(17-14(19)20)10(18)6-4-8-16/h3,5,7,12,17H,4,6,8H2,1-2H3,(H,19,20). The molecule has 120 valence electrons. The highest BCUT2D eigenvalue weighted by Crippen LogP contribution is 2.44. The van der Waals surface area contributed by atoms with Crippen LogP contribution in [0.2, 0.25) is 0 Å². The van der Waals surface area contributed by atoms with E-state index in [0.29, 0.717) is 29.4 Å². The number of amides is 1. The van der Waals surface area contributed by atoms with E-state index >= 15 is 0 Å². The Kier molecular flexibility index (Phi) is 4.81. The summed E-state index contributed by atoms with van der Waals surface area (Å²) in [6, 6.07) is 4.06. The number of para-hydroxylation sites is 1. The van der Waals surface area contributed by atoms with Gasteiger partial charge in [-0.25, -0.2) is 4.79 Å². The van der Waals surface area contributed by atoms with Crippen LogP contribution in [0, 0.1) is 0 Å². The maximum atomic E-state index is 12.3. The van der Waals surface area contributed by atoms with Gasteiger partial charge in [-0.3, -0.25) is 4.79 Å². The summed E-state index contributed by atoms with van der Waals surface area (Å²) in [6.45, 7) is 3.48. The average molecular weight is 328 g/mol. The molecule has 0 spiro atoms. The van der Waals surface area contributed by atoms with Crippen molar-refractivity contribution in [3.8, 4) is 11.5 Å². The van der Waals surface area contributed by atoms with Crippen molar-refractivity contribution in [3.63, 3.8) is 0 Å². The summed E-state index contributed by atoms with van der Waals surface area (Å²) < 4.78 is 11.3. The molecular formula is C15H18ClNO5. The highest BCUT2D eigenvalue weighted by atomic mass is 35.5. The molecular weight excluding hydrogens is 310 g/mol. The van der Waals surface area contributed by atoms with Crippen molar-refractivity contribution >= 4 is 23.5 Å². The third-order valence-electron chi connectivity index (χ3n) is 3.17. The van der Waals surface area contributed by atoms with Crippen LogP contribution in [0.3, 0.4) is 0 Å². The number of halogens is 1. The van der Waals surface area contributed by atoms with Gasteiger partial charge >= 0.3 is 6.09 Å². The number of benzene rings is 1. The van der Waals surface area contributed by atoms with Gasteiger partial charge in [0.25, 0.3) is 0 Å². The van der Waals surface area contributed by atoms with E-state index in [1.165, 1.54) is 0 Å². The summed E-state index contributed by atoms with van der Waals surface area (Å²) in [6.07, 6.45) is -0.613. The van der Waals surface area contributed by atoms with Crippen LogP contribution >= 0.6 is 11.6 Å². The van der Waals surface area contributed by atoms with Crippen molar-refractivity contribution in [3.05, 3.63) is 23.8 Å². The van der Waals surface area contributed by atoms with Crippen LogP contribution in [0.5, 0.6) is 11.5 Å². The van der Waals surface area contributed by atoms with Crippen molar-refractivity contribution in [1.29, 1.82) is 0 Å². The van der Waals surface area contributed by atoms with E-state index in [4.69, 9.17) is 26.2 Å². The maximum absolute atomic E-state index is 12.3. The summed E-state index contributed by atoms with van der Waals surface area (Å²) in [7, 11) is 0. The number of Topliss-reactive ketones (excluding diaryl/α,β-unsaturated/α-hetero) is 1. The lowest BCUT2D eigenvalue weighted by molar-refractivity contribution is -0.121. The predicted molar refractivity (Wildman–Crippen MR) is 80.6 cm³/mol. The molecule has 0 saturated carbocycles. The molecule has 0 radical (unpaired) electrons. The van der Waals surface area contributed by atoms with Gasteiger partial charge in [-0.05, 0) is 12.5 Å². The van der Waals surface area contributed by atoms with Gasteiger partial charge in [0, 0.05) is 31.7 Å². The minimum atomic E-state index is -1.28. The van der Waals surface area contributed by atoms with Crippen LogP contribution in [-0.2, 0) is 4.79 Å². The van der Waals surface area contributed by atoms with Crippen molar-refractivity contribution in [2.45, 2.75) is 38.5 Å². The van der Waals surface area contributed by atoms with Gasteiger partial charge in [-0.15, -0.1) is 11.6 Å². The zero-order valence-electron chi connectivity index (χ0n) is 12.4. The van der Waals surface area contributed by atoms with Gasteiger partial charge < -0.3 is 19.9 Å². The second kappa shape index (κ2) is 6.44. The average Bonchev–Trinajstić information content (AvgIpc) is 2.75. The topological polar surface area (TPSA) is 84.9 Å². The molecule has 1 aromatic carbocycles. The smallest absolute Gasteiger partial charge is 0.405 e. The number of carboxylic acid groups (broad SMARTS) is 1. The van der Waals surface area contributed by atoms with Gasteiger partial charge in [-0.1, -0.05) is 12.1 Å². The molecule has 0 aromatic heterocycles. The van der Waals surface area contributed by atoms with Crippen LogP contribution < -0.4 is 14.8 Å². The van der Waals surface area contributed by atoms with E-state index in [1.54, 1.807) is 32.0 Å². The Labute approximate surface area is 133 Å². The molecule has 22 heavy (non-hydrogen) atoms. The number of rotatable bonds is 6. The number of hydrogen-bond donors (Lipinski definition) is 2. The first kappa shape index (κ1) is 16.4. The molecule has 1 aliphatic heterocycles. The number of fused-ring (bicyclic) bond motifs is 1. The first-order valence-corrected chi connectivity index (χ1v) is 7.46. The van der Waals surface area contributed by atoms with Crippen LogP contribution in [0.25, 0.3) is 0 Å². The fraction of sp³-hybridized carbons (Fsp3) is 0.467. The molecule has 2 rings (SSSR count). The maximum Gasteiger partial charge on any atom is 0.405 e. The summed E-state index contributed by atoms with van der Waals surface area (Å²) >= 11 is 5.60. The molecule has 1 atom stereocenters. The van der Waals surface area contributed by atoms with Crippen molar-refractivity contribution in [1.82, 2.24) is 5.32 Å². The van der Waals surface area contributed by atoms with Gasteiger partial charge in [0.15, 0.2) is 17.3 Å². The monoisotopic (exact) mass is 327 g/mol. The zero-order valence-corrected chi connectivity index (χ0v) is 13.1. The fourth-order valence-electron chi connectivity index (χ4n) is 2.32. The zero-order chi connectivity index (χ0) is 16.3. The van der Waals surface area contributed by atoms with Crippen LogP contribution in [0.15, 0.2) is 18.2 Å². The Balaban J connectivity index is 2.35. The minimum absolute atomic E-state index is 0.183. The fourth-order valence-corrected chi connectivity index (χ4v) is 2.46. The van der Waals surface area contributed by atoms with Crippen LogP contribution in [0.1, 0.15) is 38.3 Å². The van der Waals surface area contributed by atoms with Crippen LogP contribution in [-0.4, -0.2) is 28.7 Å². The lowest BCUT2D eigenvalue weighted by Gasteiger charge is -2.19. The van der Waals surface area contributed by atoms with Gasteiger partial charge in [0.1, 0.15) is 6.04 Å². The molecule has 0 saturated heterocycles. The largest absolute Gasteiger partial charge is 0.465 e. The quantitative estimate of drug-likeness (QED) is 0.784. The Bertz CT molecular complexity index is 587. The summed E-state index contributed by atoms with van der Waals surface area (Å²) in [5.74, 6) is 0.108. The van der Waals surface area contributed by atoms with Crippen molar-refractivity contribution in [2.24, 2.45) is 0 Å². The molecule has 1 aliphatic rings. The second-order valence-corrected chi connectivity index (χ2v) is 5.80. The summed E-state index contributed by atoms with van der Waals surface area (Å²) in [4.78, 5) is 23.3. The van der Waals surface area contributed by atoms with Gasteiger partial charge in [0.05, 0.1) is 0 Å². The number of carbonyl (C=O) groups is 2. The Morgan fingerprint density at radius 3 is 2.73 bits per heavy atom. The molecule has 0 bridgehead atoms. The van der Waals surface area contributed by atoms with E-state index in [1.807, 2.05) is 0 Å². The molecule has 0 fully saturated rings. The number of carbonyl (C=O) groups excluding carboxylic acids is 1. The number of ketones is 1. The summed E-state index contributed by atoms with van der Waals surface area (Å²) in [5.41, 5.74) is 0.449. The molecule has 1 heterocycles. The van der Waals surface area contributed by atoms with E-state index in [9.17, 15) is 9.59 Å². The summed E-state index contributed by atoms with van der Waals surface area (Å²) in [5, 5.41) is 11.3. The number of alkyl halides is 1. The van der Waals surface area contributed by atoms with Crippen LogP contribution in [0.4, 0.5) is 4.79 Å². The Morgan fingerprint density at radius 1 is 1.36 bits per heavy atom. The normalized spacial score (nSPS) is 16.1. The van der Waals surface area contributed by atoms with Crippen molar-refractivity contribution in [2.75, 3.05) is 5.88 Å². The second-order valence-electron chi connectivity index (χ2n) is 5.42. The number of ether oxygens (including phenoxy) is 2. The highest BCUT2D eigenvalue weighted by molar-refractivity contribution is 6.18. The molecule has 1 unspecified atom stereocenters. The van der Waals surface area contributed by atoms with E-state index in [2.05, 4.69) is 5.32 Å². The first-order valence-electron chi connectivity index (χ1n) is 6.93. The van der Waals surface area contributed by atoms with Gasteiger partial charge in [-0.2, -0.15) is 0 Å². The SMILES string of the molecule is CC1(C)Oc2cccc(C(NC(=O)O)C(=O)CCCCl)c2O1. The number of nitrogens with one attached hydrogen (secondary N) is 1. The third kappa shape index (κ3) is 3.62.